The van der Waals surface area contributed by atoms with Crippen LogP contribution in [-0.2, 0) is 14.8 Å². The van der Waals surface area contributed by atoms with Crippen molar-refractivity contribution >= 4 is 48.7 Å². The Bertz CT molecular complexity index is 1420. The van der Waals surface area contributed by atoms with Crippen LogP contribution in [0.3, 0.4) is 0 Å². The van der Waals surface area contributed by atoms with Gasteiger partial charge in [0.1, 0.15) is 10.8 Å². The number of hydrogen-bond donors (Lipinski definition) is 0. The lowest BCUT2D eigenvalue weighted by atomic mass is 10.00. The topological polar surface area (TPSA) is 71.7 Å². The van der Waals surface area contributed by atoms with Crippen LogP contribution in [0.5, 0.6) is 0 Å². The fourth-order valence-electron chi connectivity index (χ4n) is 3.74. The summed E-state index contributed by atoms with van der Waals surface area (Å²) in [7, 11) is -4.27. The van der Waals surface area contributed by atoms with E-state index in [-0.39, 0.29) is 22.8 Å². The first-order valence-corrected chi connectivity index (χ1v) is 13.4. The maximum absolute atomic E-state index is 16.2. The largest absolute Gasteiger partial charge is 0.333 e. The fourth-order valence-corrected chi connectivity index (χ4v) is 6.99. The Labute approximate surface area is 208 Å². The Balaban J connectivity index is 1.65. The SMILES string of the molecule is [C-]#[N+]c1cc(C(=O)N2CCS(=O)(=O)[C@@](F)(c3ncc([C@H](C)c4ccccc4F)s3)C2)ccc1Br. The number of sulfone groups is 1. The van der Waals surface area contributed by atoms with E-state index in [0.29, 0.717) is 14.9 Å². The molecule has 6 nitrogen and oxygen atoms in total. The fraction of sp³-hybridized carbons (Fsp3) is 0.261. The number of carbonyl (C=O) groups is 1. The van der Waals surface area contributed by atoms with Gasteiger partial charge in [-0.15, -0.1) is 11.3 Å². The van der Waals surface area contributed by atoms with Crippen LogP contribution in [0.4, 0.5) is 14.5 Å². The van der Waals surface area contributed by atoms with Crippen molar-refractivity contribution in [3.05, 3.63) is 91.4 Å². The smallest absolute Gasteiger partial charge is 0.278 e. The highest BCUT2D eigenvalue weighted by Gasteiger charge is 2.53. The van der Waals surface area contributed by atoms with Gasteiger partial charge in [0.2, 0.25) is 5.69 Å². The third-order valence-electron chi connectivity index (χ3n) is 5.76. The Hall–Kier alpha value is -2.68. The third kappa shape index (κ3) is 4.26. The second-order valence-electron chi connectivity index (χ2n) is 7.86. The van der Waals surface area contributed by atoms with Crippen molar-refractivity contribution in [2.45, 2.75) is 17.8 Å². The number of amides is 1. The molecule has 0 bridgehead atoms. The minimum atomic E-state index is -4.27. The van der Waals surface area contributed by atoms with Gasteiger partial charge >= 0.3 is 0 Å². The van der Waals surface area contributed by atoms with Crippen LogP contribution in [0.1, 0.15) is 38.6 Å². The minimum Gasteiger partial charge on any atom is -0.333 e. The minimum absolute atomic E-state index is 0.156. The Morgan fingerprint density at radius 3 is 2.76 bits per heavy atom. The molecule has 34 heavy (non-hydrogen) atoms. The first-order chi connectivity index (χ1) is 16.1. The molecular weight excluding hydrogens is 548 g/mol. The normalized spacial score (nSPS) is 20.5. The highest BCUT2D eigenvalue weighted by molar-refractivity contribution is 9.10. The van der Waals surface area contributed by atoms with Gasteiger partial charge in [0.05, 0.1) is 18.9 Å². The van der Waals surface area contributed by atoms with Crippen molar-refractivity contribution in [1.29, 1.82) is 0 Å². The van der Waals surface area contributed by atoms with Gasteiger partial charge in [0.15, 0.2) is 9.84 Å². The number of rotatable bonds is 4. The number of hydrogen-bond acceptors (Lipinski definition) is 5. The second-order valence-corrected chi connectivity index (χ2v) is 12.1. The molecule has 3 aromatic rings. The van der Waals surface area contributed by atoms with Crippen molar-refractivity contribution in [1.82, 2.24) is 9.88 Å². The standard InChI is InChI=1S/C23H18BrF2N3O3S2/c1-14(16-5-3-4-6-18(16)25)20-12-28-22(33-20)23(26)13-29(9-10-34(23,31)32)21(30)15-7-8-17(24)19(11-15)27-2/h3-8,11-12,14H,9-10,13H2,1H3/t14-,23-/m1/s1. The number of benzene rings is 2. The van der Waals surface area contributed by atoms with E-state index in [1.807, 2.05) is 0 Å². The molecule has 4 rings (SSSR count). The van der Waals surface area contributed by atoms with E-state index in [4.69, 9.17) is 6.57 Å². The molecule has 1 saturated heterocycles. The monoisotopic (exact) mass is 565 g/mol. The number of carbonyl (C=O) groups excluding carboxylic acids is 1. The average molecular weight is 566 g/mol. The molecule has 1 aromatic heterocycles. The van der Waals surface area contributed by atoms with Crippen molar-refractivity contribution in [2.75, 3.05) is 18.8 Å². The molecule has 0 saturated carbocycles. The van der Waals surface area contributed by atoms with Gasteiger partial charge in [-0.3, -0.25) is 4.79 Å². The number of thiazole rings is 1. The van der Waals surface area contributed by atoms with Gasteiger partial charge in [-0.25, -0.2) is 27.0 Å². The molecule has 0 radical (unpaired) electrons. The lowest BCUT2D eigenvalue weighted by Crippen LogP contribution is -2.53. The number of halogens is 3. The van der Waals surface area contributed by atoms with Crippen LogP contribution in [0.25, 0.3) is 4.85 Å². The van der Waals surface area contributed by atoms with Crippen LogP contribution in [-0.4, -0.2) is 43.1 Å². The highest BCUT2D eigenvalue weighted by atomic mass is 79.9. The Morgan fingerprint density at radius 1 is 1.32 bits per heavy atom. The lowest BCUT2D eigenvalue weighted by Gasteiger charge is -2.35. The number of alkyl halides is 1. The average Bonchev–Trinajstić information content (AvgIpc) is 3.32. The van der Waals surface area contributed by atoms with Crippen molar-refractivity contribution < 1.29 is 22.0 Å². The molecule has 1 aliphatic rings. The van der Waals surface area contributed by atoms with Crippen LogP contribution in [0, 0.1) is 12.4 Å². The zero-order valence-corrected chi connectivity index (χ0v) is 21.1. The molecule has 0 aliphatic carbocycles. The second kappa shape index (κ2) is 9.17. The van der Waals surface area contributed by atoms with E-state index < -0.39 is 44.8 Å². The van der Waals surface area contributed by atoms with E-state index in [1.165, 1.54) is 24.4 Å². The molecule has 1 aliphatic heterocycles. The number of nitrogens with zero attached hydrogens (tertiary/aromatic N) is 3. The maximum atomic E-state index is 16.2. The van der Waals surface area contributed by atoms with Crippen LogP contribution >= 0.6 is 27.3 Å². The summed E-state index contributed by atoms with van der Waals surface area (Å²) in [5.74, 6) is -2.03. The molecule has 0 unspecified atom stereocenters. The summed E-state index contributed by atoms with van der Waals surface area (Å²) in [4.78, 5) is 22.0. The lowest BCUT2D eigenvalue weighted by molar-refractivity contribution is 0.0666. The number of aromatic nitrogens is 1. The van der Waals surface area contributed by atoms with Gasteiger partial charge in [0, 0.05) is 33.6 Å². The van der Waals surface area contributed by atoms with Gasteiger partial charge in [-0.1, -0.05) is 53.2 Å². The van der Waals surface area contributed by atoms with E-state index in [0.717, 1.165) is 16.2 Å². The molecular formula is C23H18BrF2N3O3S2. The zero-order valence-electron chi connectivity index (χ0n) is 17.8. The summed E-state index contributed by atoms with van der Waals surface area (Å²) >= 11 is 4.08. The van der Waals surface area contributed by atoms with Crippen LogP contribution < -0.4 is 0 Å². The zero-order chi connectivity index (χ0) is 24.7. The van der Waals surface area contributed by atoms with Crippen molar-refractivity contribution in [3.8, 4) is 0 Å². The van der Waals surface area contributed by atoms with Crippen molar-refractivity contribution in [2.24, 2.45) is 0 Å². The molecule has 176 valence electrons. The molecule has 0 spiro atoms. The first kappa shape index (κ1) is 24.4. The first-order valence-electron chi connectivity index (χ1n) is 10.2. The van der Waals surface area contributed by atoms with E-state index in [1.54, 1.807) is 31.2 Å². The molecule has 1 fully saturated rings. The van der Waals surface area contributed by atoms with E-state index >= 15 is 4.39 Å². The molecule has 2 aromatic carbocycles. The molecule has 0 N–H and O–H groups in total. The van der Waals surface area contributed by atoms with Gasteiger partial charge in [-0.05, 0) is 17.7 Å². The van der Waals surface area contributed by atoms with Crippen LogP contribution in [0.2, 0.25) is 0 Å². The summed E-state index contributed by atoms with van der Waals surface area (Å²) in [6.45, 7) is 8.03. The van der Waals surface area contributed by atoms with Gasteiger partial charge in [0.25, 0.3) is 10.9 Å². The van der Waals surface area contributed by atoms with Crippen LogP contribution in [0.15, 0.2) is 53.1 Å². The summed E-state index contributed by atoms with van der Waals surface area (Å²) < 4.78 is 56.6. The summed E-state index contributed by atoms with van der Waals surface area (Å²) in [5, 5.41) is -3.18. The Kier molecular flexibility index (Phi) is 6.59. The maximum Gasteiger partial charge on any atom is 0.278 e. The summed E-state index contributed by atoms with van der Waals surface area (Å²) in [6.07, 6.45) is 1.35. The van der Waals surface area contributed by atoms with Gasteiger partial charge in [-0.2, -0.15) is 0 Å². The predicted octanol–water partition coefficient (Wildman–Crippen LogP) is 5.44. The molecule has 2 atom stereocenters. The van der Waals surface area contributed by atoms with Gasteiger partial charge < -0.3 is 4.90 Å². The van der Waals surface area contributed by atoms with E-state index in [9.17, 15) is 17.6 Å². The summed E-state index contributed by atoms with van der Waals surface area (Å²) in [6, 6.07) is 10.6. The Morgan fingerprint density at radius 2 is 2.06 bits per heavy atom. The molecule has 1 amide bonds. The predicted molar refractivity (Wildman–Crippen MR) is 129 cm³/mol. The summed E-state index contributed by atoms with van der Waals surface area (Å²) in [5.41, 5.74) is 0.761. The van der Waals surface area contributed by atoms with Crippen molar-refractivity contribution in [3.63, 3.8) is 0 Å². The molecule has 11 heteroatoms. The van der Waals surface area contributed by atoms with E-state index in [2.05, 4.69) is 25.8 Å². The highest BCUT2D eigenvalue weighted by Crippen LogP contribution is 2.41. The third-order valence-corrected chi connectivity index (χ3v) is 9.90. The quantitative estimate of drug-likeness (QED) is 0.395. The molecule has 2 heterocycles.